The van der Waals surface area contributed by atoms with Crippen molar-refractivity contribution in [1.82, 2.24) is 10.7 Å². The zero-order chi connectivity index (χ0) is 15.9. The predicted molar refractivity (Wildman–Crippen MR) is 85.8 cm³/mol. The minimum absolute atomic E-state index is 0.00142. The Kier molecular flexibility index (Phi) is 3.33. The van der Waals surface area contributed by atoms with Gasteiger partial charge in [-0.05, 0) is 0 Å². The first-order valence-electron chi connectivity index (χ1n) is 6.02. The summed E-state index contributed by atoms with van der Waals surface area (Å²) in [5, 5.41) is 2.98. The predicted octanol–water partition coefficient (Wildman–Crippen LogP) is -2.75. The zero-order valence-corrected chi connectivity index (χ0v) is 11.3. The van der Waals surface area contributed by atoms with Crippen molar-refractivity contribution in [3.63, 3.8) is 0 Å². The number of rotatable bonds is 3. The van der Waals surface area contributed by atoms with Gasteiger partial charge in [-0.2, -0.15) is 0 Å². The molecule has 0 atom stereocenters. The van der Waals surface area contributed by atoms with Crippen LogP contribution >= 0.6 is 0 Å². The molecule has 18 N–H and O–H groups in total. The highest BCUT2D eigenvalue weighted by Gasteiger charge is 2.33. The van der Waals surface area contributed by atoms with E-state index in [1.165, 1.54) is 0 Å². The Morgan fingerprint density at radius 3 is 1.81 bits per heavy atom. The number of benzene rings is 1. The number of nitrogen functional groups attached to an aromatic ring is 4. The summed E-state index contributed by atoms with van der Waals surface area (Å²) >= 11 is 0. The molecule has 1 aromatic carbocycles. The minimum Gasteiger partial charge on any atom is -0.396 e. The van der Waals surface area contributed by atoms with Crippen LogP contribution in [0.5, 0.6) is 0 Å². The number of fused-ring (bicyclic) bond motifs is 1. The molecule has 0 saturated carbocycles. The third kappa shape index (κ3) is 1.89. The van der Waals surface area contributed by atoms with Gasteiger partial charge >= 0.3 is 0 Å². The third-order valence-electron chi connectivity index (χ3n) is 3.35. The van der Waals surface area contributed by atoms with Crippen molar-refractivity contribution in [3.8, 4) is 0 Å². The van der Waals surface area contributed by atoms with E-state index in [1.54, 1.807) is 0 Å². The molecule has 0 unspecified atom stereocenters. The third-order valence-corrected chi connectivity index (χ3v) is 3.35. The lowest BCUT2D eigenvalue weighted by molar-refractivity contribution is 0.693. The van der Waals surface area contributed by atoms with E-state index in [9.17, 15) is 0 Å². The fourth-order valence-corrected chi connectivity index (χ4v) is 2.37. The Labute approximate surface area is 121 Å². The van der Waals surface area contributed by atoms with Gasteiger partial charge in [0.15, 0.2) is 0 Å². The number of nitrogens with one attached hydrogen (secondary N) is 2. The van der Waals surface area contributed by atoms with Crippen molar-refractivity contribution >= 4 is 34.0 Å². The van der Waals surface area contributed by atoms with Crippen LogP contribution < -0.4 is 56.7 Å². The van der Waals surface area contributed by atoms with Gasteiger partial charge in [0.2, 0.25) is 0 Å². The van der Waals surface area contributed by atoms with Crippen LogP contribution in [0.4, 0.5) is 22.7 Å². The molecule has 1 aromatic rings. The van der Waals surface area contributed by atoms with Crippen molar-refractivity contribution in [1.29, 1.82) is 0 Å². The summed E-state index contributed by atoms with van der Waals surface area (Å²) in [5.41, 5.74) is 46.7. The number of hydrazine groups is 1. The van der Waals surface area contributed by atoms with E-state index in [4.69, 9.17) is 46.0 Å². The fourth-order valence-electron chi connectivity index (χ4n) is 2.37. The molecule has 114 valence electrons. The summed E-state index contributed by atoms with van der Waals surface area (Å²) in [5.74, 6) is 5.25. The van der Waals surface area contributed by atoms with E-state index >= 15 is 0 Å². The van der Waals surface area contributed by atoms with Gasteiger partial charge < -0.3 is 45.5 Å². The second-order valence-electron chi connectivity index (χ2n) is 4.58. The highest BCUT2D eigenvalue weighted by molar-refractivity contribution is 6.11. The lowest BCUT2D eigenvalue weighted by Gasteiger charge is -2.17. The van der Waals surface area contributed by atoms with Gasteiger partial charge in [0, 0.05) is 16.7 Å². The zero-order valence-electron chi connectivity index (χ0n) is 11.3. The summed E-state index contributed by atoms with van der Waals surface area (Å²) in [6.45, 7) is 0.233. The van der Waals surface area contributed by atoms with E-state index in [2.05, 4.69) is 10.7 Å². The maximum atomic E-state index is 6.09. The van der Waals surface area contributed by atoms with Crippen LogP contribution in [0.15, 0.2) is 11.5 Å². The highest BCUT2D eigenvalue weighted by atomic mass is 15.3. The molecule has 0 radical (unpaired) electrons. The molecule has 0 saturated heterocycles. The maximum Gasteiger partial charge on any atom is 0.104 e. The van der Waals surface area contributed by atoms with Gasteiger partial charge in [0.25, 0.3) is 0 Å². The molecule has 21 heavy (non-hydrogen) atoms. The summed E-state index contributed by atoms with van der Waals surface area (Å²) in [6, 6.07) is 0. The summed E-state index contributed by atoms with van der Waals surface area (Å²) in [7, 11) is 0. The second-order valence-corrected chi connectivity index (χ2v) is 4.58. The van der Waals surface area contributed by atoms with Gasteiger partial charge in [-0.25, -0.2) is 5.43 Å². The number of allylic oxidation sites excluding steroid dienone is 1. The van der Waals surface area contributed by atoms with E-state index in [-0.39, 0.29) is 35.2 Å². The van der Waals surface area contributed by atoms with Gasteiger partial charge in [0.1, 0.15) is 5.82 Å². The molecular weight excluding hydrogens is 272 g/mol. The smallest absolute Gasteiger partial charge is 0.104 e. The minimum atomic E-state index is 0.00142. The topological polar surface area (TPSA) is 232 Å². The lowest BCUT2D eigenvalue weighted by Crippen LogP contribution is -2.33. The molecule has 0 aromatic heterocycles. The molecule has 0 amide bonds. The molecule has 0 bridgehead atoms. The van der Waals surface area contributed by atoms with Crippen LogP contribution in [0.3, 0.4) is 0 Å². The van der Waals surface area contributed by atoms with Crippen LogP contribution in [-0.4, -0.2) is 6.67 Å². The van der Waals surface area contributed by atoms with E-state index < -0.39 is 0 Å². The number of hydrogen-bond acceptors (Lipinski definition) is 10. The highest BCUT2D eigenvalue weighted by Crippen LogP contribution is 2.49. The Balaban J connectivity index is 2.84. The van der Waals surface area contributed by atoms with Crippen LogP contribution in [0, 0.1) is 0 Å². The molecule has 0 heterocycles. The maximum absolute atomic E-state index is 6.09. The first-order valence-corrected chi connectivity index (χ1v) is 6.02. The number of nitrogens with two attached hydrogens (primary N) is 8. The van der Waals surface area contributed by atoms with Crippen molar-refractivity contribution < 1.29 is 0 Å². The van der Waals surface area contributed by atoms with Gasteiger partial charge in [-0.3, -0.25) is 5.84 Å². The van der Waals surface area contributed by atoms with E-state index in [0.29, 0.717) is 28.1 Å². The molecule has 0 fully saturated rings. The standard InChI is InChI=1S/C11H20N10/c12-5-2-3(6(13)9(16)8(5)15)10(20-1-21-19)7(14)4(2)11(17)18/h20-21H,1,12-19H2. The van der Waals surface area contributed by atoms with Gasteiger partial charge in [-0.1, -0.05) is 0 Å². The Morgan fingerprint density at radius 1 is 0.810 bits per heavy atom. The quantitative estimate of drug-likeness (QED) is 0.119. The average Bonchev–Trinajstić information content (AvgIpc) is 2.73. The monoisotopic (exact) mass is 292 g/mol. The Bertz CT molecular complexity index is 668. The molecule has 1 aliphatic carbocycles. The van der Waals surface area contributed by atoms with E-state index in [1.807, 2.05) is 0 Å². The summed E-state index contributed by atoms with van der Waals surface area (Å²) in [4.78, 5) is 0. The SMILES string of the molecule is NNCNC1=C(N)C(=C(N)N)c2c(N)c(N)c(N)c(N)c21. The van der Waals surface area contributed by atoms with Crippen molar-refractivity contribution in [3.05, 3.63) is 22.6 Å². The Morgan fingerprint density at radius 2 is 1.33 bits per heavy atom. The van der Waals surface area contributed by atoms with Crippen LogP contribution in [0.1, 0.15) is 11.1 Å². The molecule has 1 aliphatic rings. The largest absolute Gasteiger partial charge is 0.396 e. The molecule has 10 heteroatoms. The van der Waals surface area contributed by atoms with Crippen molar-refractivity contribution in [2.45, 2.75) is 0 Å². The van der Waals surface area contributed by atoms with E-state index in [0.717, 1.165) is 0 Å². The Hall–Kier alpha value is -2.98. The molecule has 2 rings (SSSR count). The summed E-state index contributed by atoms with van der Waals surface area (Å²) in [6.07, 6.45) is 0. The first-order chi connectivity index (χ1) is 9.82. The summed E-state index contributed by atoms with van der Waals surface area (Å²) < 4.78 is 0. The molecule has 10 nitrogen and oxygen atoms in total. The normalized spacial score (nSPS) is 13.5. The van der Waals surface area contributed by atoms with Gasteiger partial charge in [0.05, 0.1) is 40.8 Å². The molecule has 0 aliphatic heterocycles. The average molecular weight is 292 g/mol. The van der Waals surface area contributed by atoms with Crippen LogP contribution in [-0.2, 0) is 0 Å². The van der Waals surface area contributed by atoms with Crippen LogP contribution in [0.2, 0.25) is 0 Å². The van der Waals surface area contributed by atoms with Crippen LogP contribution in [0.25, 0.3) is 11.3 Å². The molecule has 0 spiro atoms. The fraction of sp³-hybridized carbons (Fsp3) is 0.0909. The van der Waals surface area contributed by atoms with Crippen molar-refractivity contribution in [2.75, 3.05) is 29.6 Å². The number of hydrogen-bond donors (Lipinski definition) is 10. The van der Waals surface area contributed by atoms with Gasteiger partial charge in [-0.15, -0.1) is 0 Å². The first kappa shape index (κ1) is 14.4. The van der Waals surface area contributed by atoms with Crippen molar-refractivity contribution in [2.24, 2.45) is 23.0 Å². The molecular formula is C11H20N10. The second kappa shape index (κ2) is 4.85. The lowest BCUT2D eigenvalue weighted by atomic mass is 9.98. The number of anilines is 4.